The van der Waals surface area contributed by atoms with Crippen LogP contribution in [0.1, 0.15) is 37.8 Å². The topological polar surface area (TPSA) is 626 Å². The number of aromatic nitrogens is 3. The van der Waals surface area contributed by atoms with Crippen molar-refractivity contribution in [3.8, 4) is 0 Å². The number of hydrogen-bond acceptors (Lipinski definition) is 42. The molecule has 48 heteroatoms. The first kappa shape index (κ1) is 97.1. The van der Waals surface area contributed by atoms with Gasteiger partial charge in [0.05, 0.1) is 215 Å². The van der Waals surface area contributed by atoms with Gasteiger partial charge in [0.1, 0.15) is 78.3 Å². The molecule has 666 valence electrons. The molecule has 0 spiro atoms. The van der Waals surface area contributed by atoms with Crippen molar-refractivity contribution >= 4 is 29.7 Å². The van der Waals surface area contributed by atoms with Crippen LogP contribution in [0.15, 0.2) is 30.0 Å². The van der Waals surface area contributed by atoms with Gasteiger partial charge in [0.25, 0.3) is 0 Å². The lowest BCUT2D eigenvalue weighted by Gasteiger charge is -2.39. The molecule has 7 heterocycles. The van der Waals surface area contributed by atoms with E-state index in [9.17, 15) is 95.5 Å². The average Bonchev–Trinajstić information content (AvgIpc) is 1.48. The van der Waals surface area contributed by atoms with Crippen LogP contribution in [-0.2, 0) is 108 Å². The molecular weight excluding hydrogens is 1560 g/mol. The minimum absolute atomic E-state index is 0.00736. The maximum Gasteiger partial charge on any atom is 0.320 e. The van der Waals surface area contributed by atoms with Gasteiger partial charge in [-0.3, -0.25) is 48.7 Å². The summed E-state index contributed by atoms with van der Waals surface area (Å²) in [6, 6.07) is -1.17. The van der Waals surface area contributed by atoms with Gasteiger partial charge in [0, 0.05) is 77.5 Å². The predicted molar refractivity (Wildman–Crippen MR) is 390 cm³/mol. The number of rotatable bonds is 59. The number of hydrazine groups is 4. The maximum atomic E-state index is 14.3. The molecule has 0 saturated carbocycles. The summed E-state index contributed by atoms with van der Waals surface area (Å²) >= 11 is 0. The first-order valence-corrected chi connectivity index (χ1v) is 38.5. The Bertz CT molecular complexity index is 2920. The monoisotopic (exact) mass is 1680 g/mol. The lowest BCUT2D eigenvalue weighted by atomic mass is 9.99. The summed E-state index contributed by atoms with van der Waals surface area (Å²) in [4.78, 5) is 68.5. The molecule has 15 atom stereocenters. The Labute approximate surface area is 669 Å². The molecule has 1 aromatic heterocycles. The Morgan fingerprint density at radius 2 is 0.940 bits per heavy atom. The molecule has 0 aromatic carbocycles. The molecule has 20 N–H and O–H groups in total. The molecule has 0 aliphatic carbocycles. The van der Waals surface area contributed by atoms with Gasteiger partial charge in [-0.2, -0.15) is 0 Å². The third-order valence-corrected chi connectivity index (χ3v) is 18.8. The number of amides is 2. The molecule has 4 saturated heterocycles. The van der Waals surface area contributed by atoms with Crippen LogP contribution in [0.3, 0.4) is 0 Å². The molecule has 0 unspecified atom stereocenters. The highest BCUT2D eigenvalue weighted by molar-refractivity contribution is 5.79. The van der Waals surface area contributed by atoms with Gasteiger partial charge in [0.2, 0.25) is 11.8 Å². The van der Waals surface area contributed by atoms with Crippen molar-refractivity contribution in [2.75, 3.05) is 224 Å². The minimum Gasteiger partial charge on any atom is -0.480 e. The normalized spacial score (nSPS) is 26.2. The summed E-state index contributed by atoms with van der Waals surface area (Å²) in [5.41, 5.74) is 12.3. The van der Waals surface area contributed by atoms with Gasteiger partial charge >= 0.3 is 17.9 Å². The zero-order chi connectivity index (χ0) is 83.6. The van der Waals surface area contributed by atoms with E-state index in [0.717, 1.165) is 0 Å². The van der Waals surface area contributed by atoms with Crippen LogP contribution >= 0.6 is 0 Å². The van der Waals surface area contributed by atoms with Gasteiger partial charge in [0.15, 0.2) is 18.9 Å². The first-order chi connectivity index (χ1) is 56.0. The van der Waals surface area contributed by atoms with Gasteiger partial charge < -0.3 is 164 Å². The molecule has 4 fully saturated rings. The van der Waals surface area contributed by atoms with Gasteiger partial charge in [-0.15, -0.1) is 16.2 Å². The molecule has 0 bridgehead atoms. The smallest absolute Gasteiger partial charge is 0.320 e. The Kier molecular flexibility index (Phi) is 44.8. The Morgan fingerprint density at radius 1 is 0.500 bits per heavy atom. The third kappa shape index (κ3) is 34.9. The van der Waals surface area contributed by atoms with Crippen molar-refractivity contribution in [1.29, 1.82) is 0 Å². The van der Waals surface area contributed by atoms with Crippen molar-refractivity contribution in [3.05, 3.63) is 35.7 Å². The Hall–Kier alpha value is -6.07. The average molecular weight is 1680 g/mol. The number of carbonyl (C=O) groups excluding carboxylic acids is 2. The van der Waals surface area contributed by atoms with Crippen molar-refractivity contribution in [2.24, 2.45) is 0 Å². The van der Waals surface area contributed by atoms with E-state index in [-0.39, 0.29) is 230 Å². The molecule has 6 aliphatic rings. The zero-order valence-electron chi connectivity index (χ0n) is 64.9. The van der Waals surface area contributed by atoms with Crippen molar-refractivity contribution in [2.45, 2.75) is 143 Å². The fourth-order valence-corrected chi connectivity index (χ4v) is 12.5. The van der Waals surface area contributed by atoms with Gasteiger partial charge in [-0.1, -0.05) is 5.21 Å². The zero-order valence-corrected chi connectivity index (χ0v) is 64.9. The van der Waals surface area contributed by atoms with Crippen LogP contribution in [-0.4, -0.2) is 462 Å². The van der Waals surface area contributed by atoms with Crippen molar-refractivity contribution < 1.29 is 167 Å². The largest absolute Gasteiger partial charge is 0.480 e. The Morgan fingerprint density at radius 3 is 1.41 bits per heavy atom. The first-order valence-electron chi connectivity index (χ1n) is 38.5. The number of carbonyl (C=O) groups is 5. The van der Waals surface area contributed by atoms with Crippen LogP contribution in [0.2, 0.25) is 0 Å². The Balaban J connectivity index is 0.936. The van der Waals surface area contributed by atoms with Crippen LogP contribution in [0.4, 0.5) is 0 Å². The van der Waals surface area contributed by atoms with Crippen LogP contribution in [0, 0.1) is 0 Å². The van der Waals surface area contributed by atoms with E-state index in [1.807, 2.05) is 0 Å². The molecule has 0 radical (unpaired) electrons. The standard InChI is InChI=1S/C68H120N14O34/c83-36-51-49(86)30-50(87)65(114-51)111-27-24-105-21-18-102-15-12-80-31-45(71-74-80)39-108-42-68(43-109-40-46-32-81(75-72-46)13-16-103-19-22-106-25-28-112-66-62(98)60(96)58(94)52(37-84)115-66,44-110-41-47-33-82(76-73-47)14-17-104-20-23-107-26-29-113-67-63(99)61(97)59(95)53(38-85)116-67)70-55(89)2-1-5-69-54(88)4-3-48(64(100)101)79-10-8-77(34-56(90)91)6-7-78(9-11-79)35-57(92)93/h31-33,48-53,58-63,65-67,72-73,75-76,83-87,94-99H,1-30,34-44H2,(H,69,88)(H,70,89)(H,90,91)(H,92,93)(H,100,101)/t48-,49-,50-,51-,52-,53-,58+,59+,60+,61+,62-,63-,65-,66-,67-/m1/s1. The highest BCUT2D eigenvalue weighted by Crippen LogP contribution is 2.25. The number of aliphatic hydroxyl groups excluding tert-OH is 11. The SMILES string of the molecule is O=C(O)CN1CCN(CC(=O)O)CCN([C@H](CCC(=O)NCCCC(=O)NC(COCC2=CN(CCOCCOCCO[C@@H]3O[C@H](CO)[C@H](O)[C@H](O)[C@H]3O)NN2)(COCC2=CN(CCOCCOCCO[C@@H]3O[C@H](CO)[C@H](O)[C@H](O)[C@H]3O)NN2)COCc2cn(CCOCCOCCO[C@@H]3O[C@H](CO)[C@H](O)C[C@H]3O)nn2)C(=O)O)CC1. The fraction of sp³-hybridized carbons (Fsp3) is 0.838. The number of aliphatic hydroxyl groups is 11. The molecule has 6 aliphatic heterocycles. The van der Waals surface area contributed by atoms with E-state index in [0.29, 0.717) is 36.7 Å². The van der Waals surface area contributed by atoms with E-state index in [2.05, 4.69) is 42.9 Å². The van der Waals surface area contributed by atoms with Gasteiger partial charge in [-0.05, 0) is 12.8 Å². The molecule has 116 heavy (non-hydrogen) atoms. The van der Waals surface area contributed by atoms with E-state index in [1.54, 1.807) is 48.0 Å². The predicted octanol–water partition coefficient (Wildman–Crippen LogP) is -11.2. The number of nitrogens with one attached hydrogen (secondary N) is 6. The molecule has 1 aromatic rings. The summed E-state index contributed by atoms with van der Waals surface area (Å²) in [5, 5.41) is 156. The number of ether oxygens (including phenoxy) is 15. The summed E-state index contributed by atoms with van der Waals surface area (Å²) in [6.45, 7) is 1.34. The van der Waals surface area contributed by atoms with E-state index in [4.69, 9.17) is 71.1 Å². The summed E-state index contributed by atoms with van der Waals surface area (Å²) in [5.74, 6) is -4.40. The van der Waals surface area contributed by atoms with Crippen LogP contribution < -0.4 is 32.6 Å². The molecule has 48 nitrogen and oxygen atoms in total. The molecular formula is C68H120N14O34. The van der Waals surface area contributed by atoms with Crippen molar-refractivity contribution in [3.63, 3.8) is 0 Å². The molecule has 7 rings (SSSR count). The van der Waals surface area contributed by atoms with Gasteiger partial charge in [-0.25, -0.2) is 4.68 Å². The number of hydrogen-bond donors (Lipinski definition) is 20. The third-order valence-electron chi connectivity index (χ3n) is 18.8. The lowest BCUT2D eigenvalue weighted by molar-refractivity contribution is -0.302. The number of carboxylic acids is 3. The number of aliphatic carboxylic acids is 3. The number of nitrogens with zero attached hydrogens (tertiary/aromatic N) is 8. The maximum absolute atomic E-state index is 14.3. The summed E-state index contributed by atoms with van der Waals surface area (Å²) in [7, 11) is 0. The van der Waals surface area contributed by atoms with Crippen LogP contribution in [0.5, 0.6) is 0 Å². The second-order valence-corrected chi connectivity index (χ2v) is 27.9. The van der Waals surface area contributed by atoms with Crippen LogP contribution in [0.25, 0.3) is 0 Å². The second-order valence-electron chi connectivity index (χ2n) is 27.9. The summed E-state index contributed by atoms with van der Waals surface area (Å²) < 4.78 is 87.1. The van der Waals surface area contributed by atoms with E-state index < -0.39 is 147 Å². The summed E-state index contributed by atoms with van der Waals surface area (Å²) in [6.07, 6.45) is -13.3. The fourth-order valence-electron chi connectivity index (χ4n) is 12.5. The van der Waals surface area contributed by atoms with Crippen molar-refractivity contribution in [1.82, 2.24) is 72.3 Å². The van der Waals surface area contributed by atoms with E-state index >= 15 is 0 Å². The quantitative estimate of drug-likeness (QED) is 0.0269. The van der Waals surface area contributed by atoms with E-state index in [1.165, 1.54) is 0 Å². The lowest BCUT2D eigenvalue weighted by Crippen LogP contribution is -2.59. The second kappa shape index (κ2) is 53.6. The highest BCUT2D eigenvalue weighted by atomic mass is 16.7. The molecule has 2 amide bonds. The highest BCUT2D eigenvalue weighted by Gasteiger charge is 2.46. The minimum atomic E-state index is -1.58. The number of carboxylic acid groups (broad SMARTS) is 3.